The average molecular weight is 192 g/mol. The van der Waals surface area contributed by atoms with E-state index in [1.807, 2.05) is 36.2 Å². The van der Waals surface area contributed by atoms with E-state index in [0.717, 1.165) is 5.69 Å². The van der Waals surface area contributed by atoms with Crippen molar-refractivity contribution >= 4 is 11.6 Å². The summed E-state index contributed by atoms with van der Waals surface area (Å²) in [5.74, 6) is 0.288. The fraction of sp³-hybridized carbons (Fsp3) is 0.300. The Bertz CT molecular complexity index is 365. The summed E-state index contributed by atoms with van der Waals surface area (Å²) in [6, 6.07) is 7.59. The number of fused-ring (bicyclic) bond motifs is 1. The highest BCUT2D eigenvalue weighted by Gasteiger charge is 2.26. The first-order valence-electron chi connectivity index (χ1n) is 4.44. The Kier molecular flexibility index (Phi) is 2.04. The Labute approximate surface area is 82.3 Å². The molecule has 14 heavy (non-hydrogen) atoms. The van der Waals surface area contributed by atoms with Gasteiger partial charge in [0.15, 0.2) is 6.10 Å². The van der Waals surface area contributed by atoms with E-state index in [-0.39, 0.29) is 0 Å². The number of primary amides is 1. The molecule has 1 atom stereocenters. The minimum Gasteiger partial charge on any atom is -0.477 e. The SMILES string of the molecule is CN1CC(C(N)=O)Oc2ccccc21. The van der Waals surface area contributed by atoms with Gasteiger partial charge in [0, 0.05) is 7.05 Å². The van der Waals surface area contributed by atoms with Gasteiger partial charge in [-0.25, -0.2) is 0 Å². The van der Waals surface area contributed by atoms with Gasteiger partial charge < -0.3 is 15.4 Å². The number of para-hydroxylation sites is 2. The number of rotatable bonds is 1. The molecule has 1 aliphatic rings. The number of benzene rings is 1. The lowest BCUT2D eigenvalue weighted by atomic mass is 10.2. The topological polar surface area (TPSA) is 55.6 Å². The maximum atomic E-state index is 11.0. The number of nitrogens with two attached hydrogens (primary N) is 1. The number of amides is 1. The lowest BCUT2D eigenvalue weighted by Gasteiger charge is -2.32. The number of carbonyl (C=O) groups excluding carboxylic acids is 1. The lowest BCUT2D eigenvalue weighted by Crippen LogP contribution is -2.45. The van der Waals surface area contributed by atoms with Crippen molar-refractivity contribution in [3.05, 3.63) is 24.3 Å². The first-order valence-corrected chi connectivity index (χ1v) is 4.44. The average Bonchev–Trinajstić information content (AvgIpc) is 2.17. The maximum Gasteiger partial charge on any atom is 0.260 e. The smallest absolute Gasteiger partial charge is 0.260 e. The van der Waals surface area contributed by atoms with Gasteiger partial charge in [0.1, 0.15) is 5.75 Å². The van der Waals surface area contributed by atoms with Crippen LogP contribution >= 0.6 is 0 Å². The predicted molar refractivity (Wildman–Crippen MR) is 53.3 cm³/mol. The van der Waals surface area contributed by atoms with Gasteiger partial charge in [0.2, 0.25) is 0 Å². The highest BCUT2D eigenvalue weighted by molar-refractivity contribution is 5.81. The fourth-order valence-corrected chi connectivity index (χ4v) is 1.56. The van der Waals surface area contributed by atoms with Gasteiger partial charge in [-0.3, -0.25) is 4.79 Å². The molecule has 74 valence electrons. The molecule has 1 amide bonds. The number of ether oxygens (including phenoxy) is 1. The molecule has 0 aromatic heterocycles. The molecule has 1 aliphatic heterocycles. The standard InChI is InChI=1S/C10H12N2O2/c1-12-6-9(10(11)13)14-8-5-3-2-4-7(8)12/h2-5,9H,6H2,1H3,(H2,11,13). The van der Waals surface area contributed by atoms with Gasteiger partial charge in [-0.15, -0.1) is 0 Å². The van der Waals surface area contributed by atoms with Gasteiger partial charge >= 0.3 is 0 Å². The molecule has 4 nitrogen and oxygen atoms in total. The van der Waals surface area contributed by atoms with E-state index in [4.69, 9.17) is 10.5 Å². The number of hydrogen-bond donors (Lipinski definition) is 1. The van der Waals surface area contributed by atoms with E-state index in [0.29, 0.717) is 12.3 Å². The predicted octanol–water partition coefficient (Wildman–Crippen LogP) is 0.369. The third-order valence-electron chi connectivity index (χ3n) is 2.30. The largest absolute Gasteiger partial charge is 0.477 e. The normalized spacial score (nSPS) is 19.8. The molecule has 1 heterocycles. The molecule has 0 aliphatic carbocycles. The molecule has 0 spiro atoms. The quantitative estimate of drug-likeness (QED) is 0.699. The van der Waals surface area contributed by atoms with Crippen LogP contribution in [-0.2, 0) is 4.79 Å². The second-order valence-electron chi connectivity index (χ2n) is 3.36. The molecule has 1 unspecified atom stereocenters. The summed E-state index contributed by atoms with van der Waals surface area (Å²) in [4.78, 5) is 12.9. The van der Waals surface area contributed by atoms with Crippen molar-refractivity contribution in [2.75, 3.05) is 18.5 Å². The van der Waals surface area contributed by atoms with Crippen LogP contribution in [0.2, 0.25) is 0 Å². The van der Waals surface area contributed by atoms with Crippen molar-refractivity contribution in [3.63, 3.8) is 0 Å². The molecule has 1 aromatic carbocycles. The second kappa shape index (κ2) is 3.21. The molecular weight excluding hydrogens is 180 g/mol. The zero-order valence-corrected chi connectivity index (χ0v) is 7.93. The van der Waals surface area contributed by atoms with Gasteiger partial charge in [0.25, 0.3) is 5.91 Å². The summed E-state index contributed by atoms with van der Waals surface area (Å²) in [5, 5.41) is 0. The van der Waals surface area contributed by atoms with Crippen molar-refractivity contribution in [1.82, 2.24) is 0 Å². The summed E-state index contributed by atoms with van der Waals surface area (Å²) in [7, 11) is 1.91. The van der Waals surface area contributed by atoms with Crippen molar-refractivity contribution in [2.24, 2.45) is 5.73 Å². The Morgan fingerprint density at radius 2 is 2.29 bits per heavy atom. The Hall–Kier alpha value is -1.71. The molecule has 0 radical (unpaired) electrons. The van der Waals surface area contributed by atoms with Crippen LogP contribution < -0.4 is 15.4 Å². The van der Waals surface area contributed by atoms with Gasteiger partial charge in [-0.05, 0) is 12.1 Å². The van der Waals surface area contributed by atoms with Gasteiger partial charge in [0.05, 0.1) is 12.2 Å². The van der Waals surface area contributed by atoms with Crippen LogP contribution in [0.3, 0.4) is 0 Å². The summed E-state index contributed by atoms with van der Waals surface area (Å²) >= 11 is 0. The monoisotopic (exact) mass is 192 g/mol. The Morgan fingerprint density at radius 1 is 1.57 bits per heavy atom. The van der Waals surface area contributed by atoms with Crippen molar-refractivity contribution in [1.29, 1.82) is 0 Å². The number of hydrogen-bond acceptors (Lipinski definition) is 3. The van der Waals surface area contributed by atoms with Crippen LogP contribution in [0.5, 0.6) is 5.75 Å². The summed E-state index contributed by atoms with van der Waals surface area (Å²) in [6.07, 6.45) is -0.546. The summed E-state index contributed by atoms with van der Waals surface area (Å²) in [6.45, 7) is 0.506. The third kappa shape index (κ3) is 1.39. The number of anilines is 1. The first kappa shape index (κ1) is 8.87. The van der Waals surface area contributed by atoms with Crippen LogP contribution in [0.15, 0.2) is 24.3 Å². The minimum absolute atomic E-state index is 0.425. The van der Waals surface area contributed by atoms with Crippen molar-refractivity contribution in [3.8, 4) is 5.75 Å². The Balaban J connectivity index is 2.33. The number of likely N-dealkylation sites (N-methyl/N-ethyl adjacent to an activating group) is 1. The van der Waals surface area contributed by atoms with Crippen LogP contribution in [-0.4, -0.2) is 25.6 Å². The van der Waals surface area contributed by atoms with E-state index in [1.165, 1.54) is 0 Å². The van der Waals surface area contributed by atoms with Crippen molar-refractivity contribution < 1.29 is 9.53 Å². The molecule has 2 rings (SSSR count). The highest BCUT2D eigenvalue weighted by Crippen LogP contribution is 2.31. The highest BCUT2D eigenvalue weighted by atomic mass is 16.5. The van der Waals surface area contributed by atoms with E-state index >= 15 is 0 Å². The van der Waals surface area contributed by atoms with E-state index in [9.17, 15) is 4.79 Å². The molecule has 2 N–H and O–H groups in total. The zero-order chi connectivity index (χ0) is 10.1. The zero-order valence-electron chi connectivity index (χ0n) is 7.93. The van der Waals surface area contributed by atoms with Crippen LogP contribution in [0.1, 0.15) is 0 Å². The number of carbonyl (C=O) groups is 1. The molecule has 4 heteroatoms. The van der Waals surface area contributed by atoms with Gasteiger partial charge in [-0.2, -0.15) is 0 Å². The molecule has 0 fully saturated rings. The summed E-state index contributed by atoms with van der Waals surface area (Å²) in [5.41, 5.74) is 6.19. The number of nitrogens with zero attached hydrogens (tertiary/aromatic N) is 1. The molecule has 0 saturated carbocycles. The van der Waals surface area contributed by atoms with E-state index < -0.39 is 12.0 Å². The van der Waals surface area contributed by atoms with Crippen LogP contribution in [0.25, 0.3) is 0 Å². The third-order valence-corrected chi connectivity index (χ3v) is 2.30. The molecule has 0 bridgehead atoms. The molecule has 1 aromatic rings. The van der Waals surface area contributed by atoms with E-state index in [2.05, 4.69) is 0 Å². The lowest BCUT2D eigenvalue weighted by molar-refractivity contribution is -0.124. The first-order chi connectivity index (χ1) is 6.68. The summed E-state index contributed by atoms with van der Waals surface area (Å²) < 4.78 is 5.45. The molecule has 0 saturated heterocycles. The van der Waals surface area contributed by atoms with Crippen LogP contribution in [0.4, 0.5) is 5.69 Å². The maximum absolute atomic E-state index is 11.0. The van der Waals surface area contributed by atoms with Crippen molar-refractivity contribution in [2.45, 2.75) is 6.10 Å². The second-order valence-corrected chi connectivity index (χ2v) is 3.36. The van der Waals surface area contributed by atoms with Crippen LogP contribution in [0, 0.1) is 0 Å². The molecular formula is C10H12N2O2. The fourth-order valence-electron chi connectivity index (χ4n) is 1.56. The minimum atomic E-state index is -0.546. The van der Waals surface area contributed by atoms with Gasteiger partial charge in [-0.1, -0.05) is 12.1 Å². The Morgan fingerprint density at radius 3 is 3.00 bits per heavy atom. The van der Waals surface area contributed by atoms with E-state index in [1.54, 1.807) is 0 Å².